The largest absolute Gasteiger partial charge is 0.316 e. The molecule has 0 unspecified atom stereocenters. The van der Waals surface area contributed by atoms with Gasteiger partial charge in [-0.15, -0.1) is 0 Å². The van der Waals surface area contributed by atoms with Gasteiger partial charge in [-0.3, -0.25) is 4.79 Å². The highest BCUT2D eigenvalue weighted by molar-refractivity contribution is 5.96. The van der Waals surface area contributed by atoms with Gasteiger partial charge in [-0.25, -0.2) is 0 Å². The topological polar surface area (TPSA) is 32.3 Å². The summed E-state index contributed by atoms with van der Waals surface area (Å²) in [4.78, 5) is 14.8. The number of nitrogens with zero attached hydrogens (tertiary/aromatic N) is 1. The SMILES string of the molecule is O=C([C@@H]1CCCNC1)N1CCCCc2ccccc21. The van der Waals surface area contributed by atoms with E-state index < -0.39 is 0 Å². The molecule has 1 aromatic carbocycles. The number of para-hydroxylation sites is 1. The minimum absolute atomic E-state index is 0.167. The number of nitrogens with one attached hydrogen (secondary N) is 1. The zero-order valence-electron chi connectivity index (χ0n) is 11.4. The van der Waals surface area contributed by atoms with E-state index in [1.165, 1.54) is 12.0 Å². The number of anilines is 1. The first-order chi connectivity index (χ1) is 9.36. The van der Waals surface area contributed by atoms with Crippen molar-refractivity contribution in [2.24, 2.45) is 5.92 Å². The highest BCUT2D eigenvalue weighted by atomic mass is 16.2. The molecular formula is C16H22N2O. The Bertz CT molecular complexity index is 452. The Labute approximate surface area is 115 Å². The van der Waals surface area contributed by atoms with Crippen molar-refractivity contribution in [3.8, 4) is 0 Å². The number of fused-ring (bicyclic) bond motifs is 1. The van der Waals surface area contributed by atoms with Crippen LogP contribution in [-0.4, -0.2) is 25.5 Å². The molecule has 1 saturated heterocycles. The van der Waals surface area contributed by atoms with E-state index in [0.717, 1.165) is 51.0 Å². The van der Waals surface area contributed by atoms with Crippen molar-refractivity contribution >= 4 is 11.6 Å². The van der Waals surface area contributed by atoms with E-state index >= 15 is 0 Å². The van der Waals surface area contributed by atoms with Gasteiger partial charge >= 0.3 is 0 Å². The normalized spacial score (nSPS) is 23.6. The molecule has 1 amide bonds. The van der Waals surface area contributed by atoms with Crippen molar-refractivity contribution in [1.29, 1.82) is 0 Å². The van der Waals surface area contributed by atoms with Crippen LogP contribution >= 0.6 is 0 Å². The number of piperidine rings is 1. The quantitative estimate of drug-likeness (QED) is 0.838. The summed E-state index contributed by atoms with van der Waals surface area (Å²) in [5.74, 6) is 0.487. The van der Waals surface area contributed by atoms with Gasteiger partial charge in [-0.2, -0.15) is 0 Å². The molecule has 2 aliphatic rings. The maximum Gasteiger partial charge on any atom is 0.231 e. The molecule has 0 radical (unpaired) electrons. The standard InChI is InChI=1S/C16H22N2O/c19-16(14-8-5-10-17-12-14)18-11-4-3-7-13-6-1-2-9-15(13)18/h1-2,6,9,14,17H,3-5,7-8,10-12H2/t14-/m1/s1. The highest BCUT2D eigenvalue weighted by Gasteiger charge is 2.28. The van der Waals surface area contributed by atoms with Crippen LogP contribution in [-0.2, 0) is 11.2 Å². The molecule has 1 fully saturated rings. The molecule has 2 heterocycles. The molecule has 2 aliphatic heterocycles. The van der Waals surface area contributed by atoms with Crippen molar-refractivity contribution in [2.45, 2.75) is 32.1 Å². The zero-order valence-corrected chi connectivity index (χ0v) is 11.4. The molecule has 0 saturated carbocycles. The van der Waals surface area contributed by atoms with Crippen molar-refractivity contribution in [1.82, 2.24) is 5.32 Å². The number of carbonyl (C=O) groups is 1. The molecule has 1 aromatic rings. The predicted molar refractivity (Wildman–Crippen MR) is 77.3 cm³/mol. The molecule has 0 bridgehead atoms. The number of hydrogen-bond donors (Lipinski definition) is 1. The van der Waals surface area contributed by atoms with Gasteiger partial charge in [0.1, 0.15) is 0 Å². The third-order valence-corrected chi connectivity index (χ3v) is 4.27. The molecule has 1 atom stereocenters. The van der Waals surface area contributed by atoms with Crippen molar-refractivity contribution in [3.05, 3.63) is 29.8 Å². The number of aryl methyl sites for hydroxylation is 1. The monoisotopic (exact) mass is 258 g/mol. The average Bonchev–Trinajstić information content (AvgIpc) is 2.70. The van der Waals surface area contributed by atoms with Crippen LogP contribution in [0.1, 0.15) is 31.2 Å². The summed E-state index contributed by atoms with van der Waals surface area (Å²) in [6, 6.07) is 8.40. The molecular weight excluding hydrogens is 236 g/mol. The molecule has 102 valence electrons. The van der Waals surface area contributed by atoms with E-state index in [0.29, 0.717) is 5.91 Å². The second-order valence-electron chi connectivity index (χ2n) is 5.62. The van der Waals surface area contributed by atoms with E-state index in [1.54, 1.807) is 0 Å². The molecule has 3 nitrogen and oxygen atoms in total. The van der Waals surface area contributed by atoms with Crippen LogP contribution in [0.3, 0.4) is 0 Å². The van der Waals surface area contributed by atoms with Gasteiger partial charge in [0.05, 0.1) is 5.92 Å². The number of carbonyl (C=O) groups excluding carboxylic acids is 1. The maximum atomic E-state index is 12.8. The fourth-order valence-corrected chi connectivity index (χ4v) is 3.20. The Morgan fingerprint density at radius 1 is 1.21 bits per heavy atom. The lowest BCUT2D eigenvalue weighted by molar-refractivity contribution is -0.122. The first-order valence-corrected chi connectivity index (χ1v) is 7.46. The lowest BCUT2D eigenvalue weighted by atomic mass is 9.97. The Hall–Kier alpha value is -1.35. The van der Waals surface area contributed by atoms with Crippen LogP contribution in [0, 0.1) is 5.92 Å². The van der Waals surface area contributed by atoms with E-state index in [9.17, 15) is 4.79 Å². The molecule has 19 heavy (non-hydrogen) atoms. The first kappa shape index (κ1) is 12.7. The number of rotatable bonds is 1. The summed E-state index contributed by atoms with van der Waals surface area (Å²) < 4.78 is 0. The first-order valence-electron chi connectivity index (χ1n) is 7.46. The van der Waals surface area contributed by atoms with Crippen LogP contribution in [0.5, 0.6) is 0 Å². The summed E-state index contributed by atoms with van der Waals surface area (Å²) in [6.07, 6.45) is 5.55. The predicted octanol–water partition coefficient (Wildman–Crippen LogP) is 2.36. The van der Waals surface area contributed by atoms with Crippen LogP contribution < -0.4 is 10.2 Å². The Balaban J connectivity index is 1.84. The number of hydrogen-bond acceptors (Lipinski definition) is 2. The smallest absolute Gasteiger partial charge is 0.231 e. The molecule has 0 aromatic heterocycles. The van der Waals surface area contributed by atoms with E-state index in [2.05, 4.69) is 23.5 Å². The number of benzene rings is 1. The Morgan fingerprint density at radius 3 is 2.95 bits per heavy atom. The summed E-state index contributed by atoms with van der Waals surface area (Å²) >= 11 is 0. The van der Waals surface area contributed by atoms with Crippen molar-refractivity contribution in [2.75, 3.05) is 24.5 Å². The summed E-state index contributed by atoms with van der Waals surface area (Å²) in [5.41, 5.74) is 2.48. The van der Waals surface area contributed by atoms with Crippen molar-refractivity contribution < 1.29 is 4.79 Å². The molecule has 3 rings (SSSR count). The van der Waals surface area contributed by atoms with E-state index in [-0.39, 0.29) is 5.92 Å². The molecule has 3 heteroatoms. The lowest BCUT2D eigenvalue weighted by Gasteiger charge is -2.30. The van der Waals surface area contributed by atoms with Crippen LogP contribution in [0.25, 0.3) is 0 Å². The van der Waals surface area contributed by atoms with Crippen molar-refractivity contribution in [3.63, 3.8) is 0 Å². The fraction of sp³-hybridized carbons (Fsp3) is 0.562. The van der Waals surface area contributed by atoms with E-state index in [1.807, 2.05) is 11.0 Å². The van der Waals surface area contributed by atoms with Gasteiger partial charge in [-0.05, 0) is 50.3 Å². The highest BCUT2D eigenvalue weighted by Crippen LogP contribution is 2.28. The maximum absolute atomic E-state index is 12.8. The van der Waals surface area contributed by atoms with Crippen LogP contribution in [0.2, 0.25) is 0 Å². The third kappa shape index (κ3) is 2.66. The Kier molecular flexibility index (Phi) is 3.83. The van der Waals surface area contributed by atoms with Gasteiger partial charge < -0.3 is 10.2 Å². The lowest BCUT2D eigenvalue weighted by Crippen LogP contribution is -2.43. The Morgan fingerprint density at radius 2 is 2.11 bits per heavy atom. The van der Waals surface area contributed by atoms with Gasteiger partial charge in [-0.1, -0.05) is 18.2 Å². The average molecular weight is 258 g/mol. The summed E-state index contributed by atoms with van der Waals surface area (Å²) in [6.45, 7) is 2.78. The molecule has 1 N–H and O–H groups in total. The minimum atomic E-state index is 0.167. The minimum Gasteiger partial charge on any atom is -0.316 e. The number of amides is 1. The fourth-order valence-electron chi connectivity index (χ4n) is 3.20. The van der Waals surface area contributed by atoms with Crippen LogP contribution in [0.15, 0.2) is 24.3 Å². The van der Waals surface area contributed by atoms with Gasteiger partial charge in [0.25, 0.3) is 0 Å². The van der Waals surface area contributed by atoms with Gasteiger partial charge in [0.15, 0.2) is 0 Å². The second-order valence-corrected chi connectivity index (χ2v) is 5.62. The zero-order chi connectivity index (χ0) is 13.1. The molecule has 0 spiro atoms. The van der Waals surface area contributed by atoms with Crippen LogP contribution in [0.4, 0.5) is 5.69 Å². The van der Waals surface area contributed by atoms with E-state index in [4.69, 9.17) is 0 Å². The third-order valence-electron chi connectivity index (χ3n) is 4.27. The molecule has 0 aliphatic carbocycles. The second kappa shape index (κ2) is 5.74. The summed E-state index contributed by atoms with van der Waals surface area (Å²) in [7, 11) is 0. The summed E-state index contributed by atoms with van der Waals surface area (Å²) in [5, 5.41) is 3.35. The van der Waals surface area contributed by atoms with Gasteiger partial charge in [0.2, 0.25) is 5.91 Å². The van der Waals surface area contributed by atoms with Gasteiger partial charge in [0, 0.05) is 18.8 Å².